The molecule has 1 N–H and O–H groups in total. The van der Waals surface area contributed by atoms with Gasteiger partial charge in [0.2, 0.25) is 0 Å². The van der Waals surface area contributed by atoms with Crippen molar-refractivity contribution in [1.82, 2.24) is 5.32 Å². The SMILES string of the molecule is CCCNC(COCC1CCCC1)(C(=O)OC)C1CC1. The van der Waals surface area contributed by atoms with Gasteiger partial charge in [-0.3, -0.25) is 5.32 Å². The molecular formula is C16H29NO3. The summed E-state index contributed by atoms with van der Waals surface area (Å²) in [6, 6.07) is 0. The first-order valence-electron chi connectivity index (χ1n) is 8.14. The van der Waals surface area contributed by atoms with Crippen molar-refractivity contribution < 1.29 is 14.3 Å². The topological polar surface area (TPSA) is 47.6 Å². The molecule has 0 spiro atoms. The number of hydrogen-bond acceptors (Lipinski definition) is 4. The van der Waals surface area contributed by atoms with E-state index in [2.05, 4.69) is 12.2 Å². The molecule has 0 amide bonds. The lowest BCUT2D eigenvalue weighted by Gasteiger charge is -2.32. The highest BCUT2D eigenvalue weighted by atomic mass is 16.5. The summed E-state index contributed by atoms with van der Waals surface area (Å²) >= 11 is 0. The van der Waals surface area contributed by atoms with Crippen LogP contribution in [-0.4, -0.2) is 38.4 Å². The van der Waals surface area contributed by atoms with E-state index >= 15 is 0 Å². The second-order valence-electron chi connectivity index (χ2n) is 6.33. The van der Waals surface area contributed by atoms with E-state index in [4.69, 9.17) is 9.47 Å². The van der Waals surface area contributed by atoms with Crippen molar-refractivity contribution in [2.45, 2.75) is 57.4 Å². The molecule has 116 valence electrons. The van der Waals surface area contributed by atoms with Gasteiger partial charge in [-0.1, -0.05) is 19.8 Å². The quantitative estimate of drug-likeness (QED) is 0.661. The molecule has 1 unspecified atom stereocenters. The fraction of sp³-hybridized carbons (Fsp3) is 0.938. The Kier molecular flexibility index (Phi) is 5.85. The summed E-state index contributed by atoms with van der Waals surface area (Å²) in [5, 5.41) is 3.42. The van der Waals surface area contributed by atoms with E-state index in [9.17, 15) is 4.79 Å². The van der Waals surface area contributed by atoms with Crippen LogP contribution in [0.1, 0.15) is 51.9 Å². The molecule has 0 bridgehead atoms. The van der Waals surface area contributed by atoms with Crippen LogP contribution in [0.15, 0.2) is 0 Å². The maximum absolute atomic E-state index is 12.3. The van der Waals surface area contributed by atoms with Crippen LogP contribution in [-0.2, 0) is 14.3 Å². The van der Waals surface area contributed by atoms with Crippen molar-refractivity contribution in [2.24, 2.45) is 11.8 Å². The van der Waals surface area contributed by atoms with Gasteiger partial charge in [0.25, 0.3) is 0 Å². The van der Waals surface area contributed by atoms with E-state index < -0.39 is 5.54 Å². The van der Waals surface area contributed by atoms with E-state index in [0.29, 0.717) is 18.4 Å². The summed E-state index contributed by atoms with van der Waals surface area (Å²) in [6.07, 6.45) is 8.40. The van der Waals surface area contributed by atoms with E-state index in [1.54, 1.807) is 0 Å². The predicted octanol–water partition coefficient (Wildman–Crippen LogP) is 2.51. The minimum Gasteiger partial charge on any atom is -0.468 e. The summed E-state index contributed by atoms with van der Waals surface area (Å²) in [4.78, 5) is 12.3. The Bertz CT molecular complexity index is 311. The Morgan fingerprint density at radius 1 is 1.25 bits per heavy atom. The van der Waals surface area contributed by atoms with Crippen LogP contribution in [0.3, 0.4) is 0 Å². The molecule has 2 saturated carbocycles. The van der Waals surface area contributed by atoms with Crippen LogP contribution in [0.2, 0.25) is 0 Å². The average Bonchev–Trinajstić information content (AvgIpc) is 3.20. The van der Waals surface area contributed by atoms with Crippen LogP contribution >= 0.6 is 0 Å². The second-order valence-corrected chi connectivity index (χ2v) is 6.33. The van der Waals surface area contributed by atoms with Gasteiger partial charge in [-0.25, -0.2) is 4.79 Å². The summed E-state index contributed by atoms with van der Waals surface area (Å²) in [7, 11) is 1.48. The van der Waals surface area contributed by atoms with E-state index in [1.807, 2.05) is 0 Å². The molecule has 0 aromatic carbocycles. The largest absolute Gasteiger partial charge is 0.468 e. The molecule has 0 aromatic rings. The number of carbonyl (C=O) groups is 1. The Hall–Kier alpha value is -0.610. The molecule has 2 rings (SSSR count). The molecule has 0 radical (unpaired) electrons. The molecule has 2 fully saturated rings. The molecule has 1 atom stereocenters. The number of ether oxygens (including phenoxy) is 2. The lowest BCUT2D eigenvalue weighted by molar-refractivity contribution is -0.153. The van der Waals surface area contributed by atoms with Gasteiger partial charge in [0.15, 0.2) is 0 Å². The average molecular weight is 283 g/mol. The number of carbonyl (C=O) groups excluding carboxylic acids is 1. The Morgan fingerprint density at radius 2 is 1.95 bits per heavy atom. The molecule has 4 nitrogen and oxygen atoms in total. The highest BCUT2D eigenvalue weighted by Gasteiger charge is 2.51. The minimum atomic E-state index is -0.608. The maximum atomic E-state index is 12.3. The lowest BCUT2D eigenvalue weighted by Crippen LogP contribution is -2.58. The van der Waals surface area contributed by atoms with Crippen LogP contribution < -0.4 is 5.32 Å². The Morgan fingerprint density at radius 3 is 2.50 bits per heavy atom. The van der Waals surface area contributed by atoms with E-state index in [-0.39, 0.29) is 5.97 Å². The van der Waals surface area contributed by atoms with Gasteiger partial charge in [0.1, 0.15) is 5.54 Å². The van der Waals surface area contributed by atoms with Gasteiger partial charge in [0.05, 0.1) is 13.7 Å². The zero-order valence-corrected chi connectivity index (χ0v) is 13.0. The van der Waals surface area contributed by atoms with Crippen molar-refractivity contribution >= 4 is 5.97 Å². The Labute approximate surface area is 122 Å². The van der Waals surface area contributed by atoms with Crippen molar-refractivity contribution in [3.8, 4) is 0 Å². The highest BCUT2D eigenvalue weighted by molar-refractivity contribution is 5.82. The van der Waals surface area contributed by atoms with Crippen LogP contribution in [0.5, 0.6) is 0 Å². The van der Waals surface area contributed by atoms with Crippen LogP contribution in [0.25, 0.3) is 0 Å². The summed E-state index contributed by atoms with van der Waals surface area (Å²) in [5.74, 6) is 0.917. The first-order chi connectivity index (χ1) is 9.73. The first kappa shape index (κ1) is 15.8. The third-order valence-electron chi connectivity index (χ3n) is 4.67. The molecule has 0 heterocycles. The maximum Gasteiger partial charge on any atom is 0.328 e. The standard InChI is InChI=1S/C16H29NO3/c1-3-10-17-16(14-8-9-14,15(18)19-2)12-20-11-13-6-4-5-7-13/h13-14,17H,3-12H2,1-2H3. The predicted molar refractivity (Wildman–Crippen MR) is 78.5 cm³/mol. The number of methoxy groups -OCH3 is 1. The van der Waals surface area contributed by atoms with Gasteiger partial charge >= 0.3 is 5.97 Å². The smallest absolute Gasteiger partial charge is 0.328 e. The Balaban J connectivity index is 1.91. The summed E-state index contributed by atoms with van der Waals surface area (Å²) in [6.45, 7) is 4.19. The molecule has 2 aliphatic rings. The van der Waals surface area contributed by atoms with E-state index in [1.165, 1.54) is 32.8 Å². The molecule has 4 heteroatoms. The van der Waals surface area contributed by atoms with Crippen molar-refractivity contribution in [3.63, 3.8) is 0 Å². The fourth-order valence-corrected chi connectivity index (χ4v) is 3.28. The van der Waals surface area contributed by atoms with Crippen molar-refractivity contribution in [1.29, 1.82) is 0 Å². The molecule has 2 aliphatic carbocycles. The zero-order chi connectivity index (χ0) is 14.4. The van der Waals surface area contributed by atoms with Crippen LogP contribution in [0.4, 0.5) is 0 Å². The normalized spacial score (nSPS) is 22.7. The van der Waals surface area contributed by atoms with Gasteiger partial charge in [-0.05, 0) is 50.5 Å². The second kappa shape index (κ2) is 7.41. The molecule has 0 saturated heterocycles. The van der Waals surface area contributed by atoms with Crippen molar-refractivity contribution in [3.05, 3.63) is 0 Å². The van der Waals surface area contributed by atoms with E-state index in [0.717, 1.165) is 32.4 Å². The molecule has 0 aromatic heterocycles. The lowest BCUT2D eigenvalue weighted by atomic mass is 9.93. The van der Waals surface area contributed by atoms with Crippen molar-refractivity contribution in [2.75, 3.05) is 26.9 Å². The third-order valence-corrected chi connectivity index (χ3v) is 4.67. The van der Waals surface area contributed by atoms with Gasteiger partial charge in [0, 0.05) is 6.61 Å². The first-order valence-corrected chi connectivity index (χ1v) is 8.14. The highest BCUT2D eigenvalue weighted by Crippen LogP contribution is 2.41. The number of nitrogens with one attached hydrogen (secondary N) is 1. The molecular weight excluding hydrogens is 254 g/mol. The minimum absolute atomic E-state index is 0.153. The fourth-order valence-electron chi connectivity index (χ4n) is 3.28. The monoisotopic (exact) mass is 283 g/mol. The van der Waals surface area contributed by atoms with Crippen LogP contribution in [0, 0.1) is 11.8 Å². The summed E-state index contributed by atoms with van der Waals surface area (Å²) < 4.78 is 11.0. The number of rotatable bonds is 9. The van der Waals surface area contributed by atoms with Gasteiger partial charge in [-0.2, -0.15) is 0 Å². The molecule has 0 aliphatic heterocycles. The number of esters is 1. The molecule has 20 heavy (non-hydrogen) atoms. The number of hydrogen-bond donors (Lipinski definition) is 1. The van der Waals surface area contributed by atoms with Gasteiger partial charge in [-0.15, -0.1) is 0 Å². The van der Waals surface area contributed by atoms with Gasteiger partial charge < -0.3 is 9.47 Å². The summed E-state index contributed by atoms with van der Waals surface area (Å²) in [5.41, 5.74) is -0.608. The third kappa shape index (κ3) is 3.73. The zero-order valence-electron chi connectivity index (χ0n) is 13.0.